The van der Waals surface area contributed by atoms with E-state index in [-0.39, 0.29) is 12.2 Å². The normalized spacial score (nSPS) is 10.8. The lowest BCUT2D eigenvalue weighted by molar-refractivity contribution is 0.564. The Morgan fingerprint density at radius 3 is 2.38 bits per heavy atom. The zero-order valence-corrected chi connectivity index (χ0v) is 8.74. The zero-order valence-electron chi connectivity index (χ0n) is 8.74. The molecule has 0 saturated heterocycles. The minimum Gasteiger partial charge on any atom is -0.326 e. The molecule has 0 aliphatic rings. The first kappa shape index (κ1) is 10.8. The fourth-order valence-electron chi connectivity index (χ4n) is 1.58. The molecule has 0 bridgehead atoms. The van der Waals surface area contributed by atoms with Crippen LogP contribution in [0.25, 0.3) is 5.69 Å². The molecule has 0 radical (unpaired) electrons. The van der Waals surface area contributed by atoms with Crippen molar-refractivity contribution in [3.8, 4) is 5.69 Å². The molecule has 0 spiro atoms. The second-order valence-electron chi connectivity index (χ2n) is 3.46. The van der Waals surface area contributed by atoms with Crippen molar-refractivity contribution in [3.63, 3.8) is 0 Å². The smallest absolute Gasteiger partial charge is 0.150 e. The highest BCUT2D eigenvalue weighted by Crippen LogP contribution is 2.20. The highest BCUT2D eigenvalue weighted by molar-refractivity contribution is 5.39. The average Bonchev–Trinajstić information content (AvgIpc) is 2.64. The van der Waals surface area contributed by atoms with Crippen LogP contribution in [0.15, 0.2) is 24.5 Å². The Labute approximate surface area is 91.5 Å². The van der Waals surface area contributed by atoms with Crippen molar-refractivity contribution in [3.05, 3.63) is 47.5 Å². The van der Waals surface area contributed by atoms with Gasteiger partial charge in [-0.25, -0.2) is 13.8 Å². The van der Waals surface area contributed by atoms with Gasteiger partial charge in [0.2, 0.25) is 0 Å². The highest BCUT2D eigenvalue weighted by Gasteiger charge is 2.13. The first-order valence-corrected chi connectivity index (χ1v) is 4.82. The number of aryl methyl sites for hydroxylation is 1. The van der Waals surface area contributed by atoms with Gasteiger partial charge in [0.15, 0.2) is 11.6 Å². The summed E-state index contributed by atoms with van der Waals surface area (Å²) in [5.74, 6) is -0.749. The van der Waals surface area contributed by atoms with E-state index < -0.39 is 11.6 Å². The molecule has 1 heterocycles. The number of benzene rings is 1. The molecule has 84 valence electrons. The van der Waals surface area contributed by atoms with Crippen LogP contribution >= 0.6 is 0 Å². The lowest BCUT2D eigenvalue weighted by Crippen LogP contribution is -2.06. The van der Waals surface area contributed by atoms with Crippen molar-refractivity contribution in [1.82, 2.24) is 9.55 Å². The molecule has 0 atom stereocenters. The van der Waals surface area contributed by atoms with E-state index in [1.54, 1.807) is 6.92 Å². The third-order valence-electron chi connectivity index (χ3n) is 2.38. The molecule has 0 saturated carbocycles. The summed E-state index contributed by atoms with van der Waals surface area (Å²) in [6.45, 7) is 1.78. The maximum absolute atomic E-state index is 13.7. The summed E-state index contributed by atoms with van der Waals surface area (Å²) >= 11 is 0. The van der Waals surface area contributed by atoms with Crippen molar-refractivity contribution >= 4 is 0 Å². The van der Waals surface area contributed by atoms with E-state index in [0.717, 1.165) is 0 Å². The number of aromatic nitrogens is 2. The fourth-order valence-corrected chi connectivity index (χ4v) is 1.58. The van der Waals surface area contributed by atoms with Crippen molar-refractivity contribution in [1.29, 1.82) is 0 Å². The standard InChI is InChI=1S/C11H11F2N3/c1-7-15-2-3-16(7)11-9(12)4-8(6-14)5-10(11)13/h2-5H,6,14H2,1H3. The van der Waals surface area contributed by atoms with Gasteiger partial charge < -0.3 is 5.73 Å². The minimum atomic E-state index is -0.637. The molecule has 0 fully saturated rings. The van der Waals surface area contributed by atoms with Gasteiger partial charge in [0.25, 0.3) is 0 Å². The predicted octanol–water partition coefficient (Wildman–Crippen LogP) is 1.92. The number of hydrogen-bond donors (Lipinski definition) is 1. The number of imidazole rings is 1. The fraction of sp³-hybridized carbons (Fsp3) is 0.182. The first-order chi connectivity index (χ1) is 7.63. The molecule has 5 heteroatoms. The molecule has 0 aliphatic carbocycles. The van der Waals surface area contributed by atoms with Crippen molar-refractivity contribution < 1.29 is 8.78 Å². The maximum atomic E-state index is 13.7. The van der Waals surface area contributed by atoms with E-state index in [9.17, 15) is 8.78 Å². The molecule has 16 heavy (non-hydrogen) atoms. The van der Waals surface area contributed by atoms with E-state index >= 15 is 0 Å². The molecular weight excluding hydrogens is 212 g/mol. The van der Waals surface area contributed by atoms with Crippen LogP contribution in [0.4, 0.5) is 8.78 Å². The summed E-state index contributed by atoms with van der Waals surface area (Å²) in [4.78, 5) is 3.92. The number of rotatable bonds is 2. The Morgan fingerprint density at radius 1 is 1.31 bits per heavy atom. The van der Waals surface area contributed by atoms with Gasteiger partial charge in [-0.15, -0.1) is 0 Å². The Morgan fingerprint density at radius 2 is 1.94 bits per heavy atom. The van der Waals surface area contributed by atoms with Crippen molar-refractivity contribution in [2.45, 2.75) is 13.5 Å². The molecule has 2 N–H and O–H groups in total. The van der Waals surface area contributed by atoms with Crippen LogP contribution in [0.2, 0.25) is 0 Å². The number of halogens is 2. The van der Waals surface area contributed by atoms with Crippen LogP contribution in [-0.2, 0) is 6.54 Å². The lowest BCUT2D eigenvalue weighted by Gasteiger charge is -2.09. The summed E-state index contributed by atoms with van der Waals surface area (Å²) in [5.41, 5.74) is 5.64. The highest BCUT2D eigenvalue weighted by atomic mass is 19.1. The summed E-state index contributed by atoms with van der Waals surface area (Å²) in [7, 11) is 0. The summed E-state index contributed by atoms with van der Waals surface area (Å²) in [5, 5.41) is 0. The SMILES string of the molecule is Cc1nccn1-c1c(F)cc(CN)cc1F. The summed E-state index contributed by atoms with van der Waals surface area (Å²) < 4.78 is 28.8. The van der Waals surface area contributed by atoms with Gasteiger partial charge in [-0.2, -0.15) is 0 Å². The third kappa shape index (κ3) is 1.69. The second-order valence-corrected chi connectivity index (χ2v) is 3.46. The summed E-state index contributed by atoms with van der Waals surface area (Å²) in [6, 6.07) is 2.47. The zero-order chi connectivity index (χ0) is 11.7. The summed E-state index contributed by atoms with van der Waals surface area (Å²) in [6.07, 6.45) is 3.00. The van der Waals surface area contributed by atoms with Crippen LogP contribution in [-0.4, -0.2) is 9.55 Å². The van der Waals surface area contributed by atoms with E-state index in [1.165, 1.54) is 29.1 Å². The van der Waals surface area contributed by atoms with Gasteiger partial charge in [-0.05, 0) is 24.6 Å². The molecule has 0 unspecified atom stereocenters. The number of nitrogens with two attached hydrogens (primary N) is 1. The Hall–Kier alpha value is -1.75. The molecule has 1 aromatic heterocycles. The minimum absolute atomic E-state index is 0.108. The Kier molecular flexibility index (Phi) is 2.70. The van der Waals surface area contributed by atoms with E-state index in [0.29, 0.717) is 11.4 Å². The van der Waals surface area contributed by atoms with Gasteiger partial charge in [-0.1, -0.05) is 0 Å². The molecule has 1 aromatic carbocycles. The first-order valence-electron chi connectivity index (χ1n) is 4.82. The average molecular weight is 223 g/mol. The van der Waals surface area contributed by atoms with Crippen LogP contribution in [0.5, 0.6) is 0 Å². The van der Waals surface area contributed by atoms with E-state index in [4.69, 9.17) is 5.73 Å². The predicted molar refractivity (Wildman–Crippen MR) is 56.1 cm³/mol. The molecule has 0 amide bonds. The molecule has 2 rings (SSSR count). The second kappa shape index (κ2) is 4.02. The van der Waals surface area contributed by atoms with Crippen LogP contribution in [0.1, 0.15) is 11.4 Å². The van der Waals surface area contributed by atoms with Crippen molar-refractivity contribution in [2.24, 2.45) is 5.73 Å². The van der Waals surface area contributed by atoms with Crippen LogP contribution in [0.3, 0.4) is 0 Å². The van der Waals surface area contributed by atoms with E-state index in [2.05, 4.69) is 4.98 Å². The molecule has 3 nitrogen and oxygen atoms in total. The van der Waals surface area contributed by atoms with Gasteiger partial charge in [0, 0.05) is 18.9 Å². The topological polar surface area (TPSA) is 43.8 Å². The third-order valence-corrected chi connectivity index (χ3v) is 2.38. The van der Waals surface area contributed by atoms with Crippen LogP contribution < -0.4 is 5.73 Å². The van der Waals surface area contributed by atoms with Crippen LogP contribution in [0, 0.1) is 18.6 Å². The quantitative estimate of drug-likeness (QED) is 0.845. The Balaban J connectivity index is 2.62. The molecule has 0 aliphatic heterocycles. The van der Waals surface area contributed by atoms with Gasteiger partial charge in [0.1, 0.15) is 11.5 Å². The van der Waals surface area contributed by atoms with Gasteiger partial charge in [-0.3, -0.25) is 4.57 Å². The number of nitrogens with zero attached hydrogens (tertiary/aromatic N) is 2. The van der Waals surface area contributed by atoms with Crippen molar-refractivity contribution in [2.75, 3.05) is 0 Å². The maximum Gasteiger partial charge on any atom is 0.150 e. The number of hydrogen-bond acceptors (Lipinski definition) is 2. The molecule has 2 aromatic rings. The van der Waals surface area contributed by atoms with Gasteiger partial charge >= 0.3 is 0 Å². The van der Waals surface area contributed by atoms with Gasteiger partial charge in [0.05, 0.1) is 0 Å². The van der Waals surface area contributed by atoms with E-state index in [1.807, 2.05) is 0 Å². The lowest BCUT2D eigenvalue weighted by atomic mass is 10.2. The monoisotopic (exact) mass is 223 g/mol. The molecular formula is C11H11F2N3. The Bertz CT molecular complexity index is 497. The largest absolute Gasteiger partial charge is 0.326 e.